The summed E-state index contributed by atoms with van der Waals surface area (Å²) in [6, 6.07) is 0. The van der Waals surface area contributed by atoms with E-state index < -0.39 is 0 Å². The van der Waals surface area contributed by atoms with Gasteiger partial charge in [-0.1, -0.05) is 41.5 Å². The molecule has 0 aliphatic heterocycles. The van der Waals surface area contributed by atoms with Crippen molar-refractivity contribution in [3.63, 3.8) is 0 Å². The molecule has 0 bridgehead atoms. The minimum Gasteiger partial charge on any atom is -0.330 e. The predicted molar refractivity (Wildman–Crippen MR) is 82.7 cm³/mol. The van der Waals surface area contributed by atoms with Crippen molar-refractivity contribution in [1.82, 2.24) is 5.32 Å². The van der Waals surface area contributed by atoms with Crippen LogP contribution in [0.1, 0.15) is 60.8 Å². The highest BCUT2D eigenvalue weighted by Crippen LogP contribution is 2.24. The summed E-state index contributed by atoms with van der Waals surface area (Å²) in [6.45, 7) is 17.0. The Kier molecular flexibility index (Phi) is 8.89. The first-order valence-electron chi connectivity index (χ1n) is 7.69. The Morgan fingerprint density at radius 1 is 1.06 bits per heavy atom. The van der Waals surface area contributed by atoms with E-state index in [0.717, 1.165) is 37.4 Å². The third-order valence-electron chi connectivity index (χ3n) is 4.34. The van der Waals surface area contributed by atoms with Crippen LogP contribution in [0.25, 0.3) is 0 Å². The van der Waals surface area contributed by atoms with Gasteiger partial charge in [-0.25, -0.2) is 0 Å². The van der Waals surface area contributed by atoms with Crippen LogP contribution >= 0.6 is 0 Å². The van der Waals surface area contributed by atoms with E-state index in [1.54, 1.807) is 0 Å². The number of hydrogen-bond acceptors (Lipinski definition) is 2. The molecular formula is C16H36N2. The molecule has 0 rings (SSSR count). The molecule has 0 fully saturated rings. The summed E-state index contributed by atoms with van der Waals surface area (Å²) in [5.74, 6) is 2.29. The van der Waals surface area contributed by atoms with E-state index in [9.17, 15) is 0 Å². The Morgan fingerprint density at radius 3 is 2.11 bits per heavy atom. The highest BCUT2D eigenvalue weighted by molar-refractivity contribution is 4.72. The van der Waals surface area contributed by atoms with Gasteiger partial charge in [0.2, 0.25) is 0 Å². The normalized spacial score (nSPS) is 16.0. The summed E-state index contributed by atoms with van der Waals surface area (Å²) in [5.41, 5.74) is 6.08. The maximum atomic E-state index is 5.67. The summed E-state index contributed by atoms with van der Waals surface area (Å²) in [5, 5.41) is 3.60. The zero-order valence-electron chi connectivity index (χ0n) is 13.6. The van der Waals surface area contributed by atoms with Gasteiger partial charge in [0.15, 0.2) is 0 Å². The Hall–Kier alpha value is -0.0800. The van der Waals surface area contributed by atoms with E-state index in [1.807, 2.05) is 0 Å². The number of rotatable bonds is 9. The molecule has 2 heteroatoms. The molecule has 0 amide bonds. The fraction of sp³-hybridized carbons (Fsp3) is 1.00. The molecule has 0 radical (unpaired) electrons. The topological polar surface area (TPSA) is 38.0 Å². The van der Waals surface area contributed by atoms with Crippen LogP contribution in [0.15, 0.2) is 0 Å². The highest BCUT2D eigenvalue weighted by atomic mass is 14.9. The maximum Gasteiger partial charge on any atom is -0.00182 e. The Balaban J connectivity index is 3.66. The van der Waals surface area contributed by atoms with Crippen molar-refractivity contribution < 1.29 is 0 Å². The van der Waals surface area contributed by atoms with Gasteiger partial charge in [0.1, 0.15) is 0 Å². The van der Waals surface area contributed by atoms with Crippen LogP contribution in [0.5, 0.6) is 0 Å². The first kappa shape index (κ1) is 17.9. The van der Waals surface area contributed by atoms with Crippen molar-refractivity contribution in [2.45, 2.75) is 60.8 Å². The Morgan fingerprint density at radius 2 is 1.67 bits per heavy atom. The molecular weight excluding hydrogens is 220 g/mol. The van der Waals surface area contributed by atoms with Gasteiger partial charge >= 0.3 is 0 Å². The standard InChI is InChI=1S/C16H36N2/c1-13(2)15(9-10-17)8-7-11-18-12-14(3)16(4,5)6/h13-15,18H,7-12,17H2,1-6H3. The number of nitrogens with two attached hydrogens (primary N) is 1. The molecule has 0 saturated carbocycles. The molecule has 0 spiro atoms. The van der Waals surface area contributed by atoms with Crippen LogP contribution in [0.4, 0.5) is 0 Å². The van der Waals surface area contributed by atoms with Gasteiger partial charge in [0, 0.05) is 0 Å². The van der Waals surface area contributed by atoms with Gasteiger partial charge < -0.3 is 11.1 Å². The van der Waals surface area contributed by atoms with E-state index in [4.69, 9.17) is 5.73 Å². The van der Waals surface area contributed by atoms with E-state index in [-0.39, 0.29) is 0 Å². The molecule has 110 valence electrons. The lowest BCUT2D eigenvalue weighted by atomic mass is 9.82. The molecule has 0 heterocycles. The third-order valence-corrected chi connectivity index (χ3v) is 4.34. The molecule has 0 aliphatic carbocycles. The largest absolute Gasteiger partial charge is 0.330 e. The van der Waals surface area contributed by atoms with Gasteiger partial charge in [-0.3, -0.25) is 0 Å². The predicted octanol–water partition coefficient (Wildman–Crippen LogP) is 3.66. The smallest absolute Gasteiger partial charge is 0.00182 e. The maximum absolute atomic E-state index is 5.67. The summed E-state index contributed by atoms with van der Waals surface area (Å²) >= 11 is 0. The SMILES string of the molecule is CC(C)C(CCN)CCCNCC(C)C(C)(C)C. The molecule has 2 unspecified atom stereocenters. The fourth-order valence-electron chi connectivity index (χ4n) is 2.14. The molecule has 0 aromatic heterocycles. The molecule has 2 nitrogen and oxygen atoms in total. The van der Waals surface area contributed by atoms with Gasteiger partial charge in [-0.15, -0.1) is 0 Å². The first-order valence-corrected chi connectivity index (χ1v) is 7.69. The van der Waals surface area contributed by atoms with Crippen molar-refractivity contribution in [2.75, 3.05) is 19.6 Å². The van der Waals surface area contributed by atoms with Crippen molar-refractivity contribution >= 4 is 0 Å². The highest BCUT2D eigenvalue weighted by Gasteiger charge is 2.19. The zero-order valence-corrected chi connectivity index (χ0v) is 13.6. The van der Waals surface area contributed by atoms with E-state index in [0.29, 0.717) is 5.41 Å². The van der Waals surface area contributed by atoms with E-state index >= 15 is 0 Å². The molecule has 3 N–H and O–H groups in total. The molecule has 0 aromatic rings. The van der Waals surface area contributed by atoms with Crippen molar-refractivity contribution in [3.05, 3.63) is 0 Å². The van der Waals surface area contributed by atoms with Crippen molar-refractivity contribution in [2.24, 2.45) is 28.9 Å². The Labute approximate surface area is 115 Å². The first-order chi connectivity index (χ1) is 8.29. The molecule has 2 atom stereocenters. The summed E-state index contributed by atoms with van der Waals surface area (Å²) in [7, 11) is 0. The lowest BCUT2D eigenvalue weighted by Crippen LogP contribution is -2.30. The van der Waals surface area contributed by atoms with Crippen LogP contribution in [0.2, 0.25) is 0 Å². The fourth-order valence-corrected chi connectivity index (χ4v) is 2.14. The minimum atomic E-state index is 0.410. The quantitative estimate of drug-likeness (QED) is 0.618. The van der Waals surface area contributed by atoms with Crippen LogP contribution < -0.4 is 11.1 Å². The van der Waals surface area contributed by atoms with Crippen LogP contribution in [-0.4, -0.2) is 19.6 Å². The molecule has 18 heavy (non-hydrogen) atoms. The van der Waals surface area contributed by atoms with Gasteiger partial charge in [0.25, 0.3) is 0 Å². The third kappa shape index (κ3) is 8.10. The minimum absolute atomic E-state index is 0.410. The summed E-state index contributed by atoms with van der Waals surface area (Å²) < 4.78 is 0. The molecule has 0 saturated heterocycles. The monoisotopic (exact) mass is 256 g/mol. The molecule has 0 aliphatic rings. The van der Waals surface area contributed by atoms with E-state index in [2.05, 4.69) is 46.9 Å². The van der Waals surface area contributed by atoms with Crippen LogP contribution in [0.3, 0.4) is 0 Å². The van der Waals surface area contributed by atoms with Crippen LogP contribution in [-0.2, 0) is 0 Å². The van der Waals surface area contributed by atoms with Gasteiger partial charge in [0.05, 0.1) is 0 Å². The second-order valence-electron chi connectivity index (χ2n) is 7.19. The van der Waals surface area contributed by atoms with E-state index in [1.165, 1.54) is 19.3 Å². The summed E-state index contributed by atoms with van der Waals surface area (Å²) in [6.07, 6.45) is 3.77. The van der Waals surface area contributed by atoms with Gasteiger partial charge in [-0.05, 0) is 62.1 Å². The summed E-state index contributed by atoms with van der Waals surface area (Å²) in [4.78, 5) is 0. The van der Waals surface area contributed by atoms with Crippen molar-refractivity contribution in [3.8, 4) is 0 Å². The second kappa shape index (κ2) is 8.92. The second-order valence-corrected chi connectivity index (χ2v) is 7.19. The number of nitrogens with one attached hydrogen (secondary N) is 1. The van der Waals surface area contributed by atoms with Crippen molar-refractivity contribution in [1.29, 1.82) is 0 Å². The lowest BCUT2D eigenvalue weighted by molar-refractivity contribution is 0.251. The average molecular weight is 256 g/mol. The van der Waals surface area contributed by atoms with Crippen LogP contribution in [0, 0.1) is 23.2 Å². The lowest BCUT2D eigenvalue weighted by Gasteiger charge is -2.27. The van der Waals surface area contributed by atoms with Gasteiger partial charge in [-0.2, -0.15) is 0 Å². The Bertz CT molecular complexity index is 194. The number of hydrogen-bond donors (Lipinski definition) is 2. The average Bonchev–Trinajstić information content (AvgIpc) is 2.25. The zero-order chi connectivity index (χ0) is 14.2. The molecule has 0 aromatic carbocycles.